The standard InChI is InChI=1S/C20H18F3NO4/c1-12(25)15-6-4-8-17(11-15)24-19(27)13(2)28-18(26)10-14-5-3-7-16(9-14)20(21,22)23/h3-9,11,13H,10H2,1-2H3,(H,24,27)/t13-/m1/s1. The zero-order valence-corrected chi connectivity index (χ0v) is 15.2. The summed E-state index contributed by atoms with van der Waals surface area (Å²) >= 11 is 0. The number of nitrogens with one attached hydrogen (secondary N) is 1. The van der Waals surface area contributed by atoms with Crippen molar-refractivity contribution in [1.82, 2.24) is 0 Å². The summed E-state index contributed by atoms with van der Waals surface area (Å²) in [7, 11) is 0. The van der Waals surface area contributed by atoms with Gasteiger partial charge >= 0.3 is 12.1 Å². The monoisotopic (exact) mass is 393 g/mol. The number of benzene rings is 2. The second-order valence-electron chi connectivity index (χ2n) is 6.13. The van der Waals surface area contributed by atoms with Crippen LogP contribution in [0.25, 0.3) is 0 Å². The average molecular weight is 393 g/mol. The lowest BCUT2D eigenvalue weighted by Gasteiger charge is -2.14. The zero-order chi connectivity index (χ0) is 20.9. The first kappa shape index (κ1) is 21.1. The summed E-state index contributed by atoms with van der Waals surface area (Å²) in [6.45, 7) is 2.73. The Kier molecular flexibility index (Phi) is 6.56. The van der Waals surface area contributed by atoms with Gasteiger partial charge in [-0.05, 0) is 37.6 Å². The lowest BCUT2D eigenvalue weighted by molar-refractivity contribution is -0.152. The van der Waals surface area contributed by atoms with Crippen LogP contribution in [0.15, 0.2) is 48.5 Å². The Morgan fingerprint density at radius 2 is 1.75 bits per heavy atom. The van der Waals surface area contributed by atoms with E-state index in [1.54, 1.807) is 18.2 Å². The van der Waals surface area contributed by atoms with Crippen LogP contribution >= 0.6 is 0 Å². The Bertz CT molecular complexity index is 893. The molecule has 5 nitrogen and oxygen atoms in total. The molecule has 1 atom stereocenters. The summed E-state index contributed by atoms with van der Waals surface area (Å²) < 4.78 is 43.1. The van der Waals surface area contributed by atoms with Crippen LogP contribution in [0.1, 0.15) is 35.3 Å². The number of halogens is 3. The minimum Gasteiger partial charge on any atom is -0.452 e. The van der Waals surface area contributed by atoms with Crippen molar-refractivity contribution >= 4 is 23.3 Å². The molecule has 28 heavy (non-hydrogen) atoms. The van der Waals surface area contributed by atoms with Crippen molar-refractivity contribution in [3.05, 3.63) is 65.2 Å². The first-order valence-electron chi connectivity index (χ1n) is 8.34. The molecule has 8 heteroatoms. The number of alkyl halides is 3. The van der Waals surface area contributed by atoms with Gasteiger partial charge in [-0.15, -0.1) is 0 Å². The minimum atomic E-state index is -4.51. The number of rotatable bonds is 6. The van der Waals surface area contributed by atoms with Gasteiger partial charge in [-0.2, -0.15) is 13.2 Å². The van der Waals surface area contributed by atoms with Crippen molar-refractivity contribution in [2.45, 2.75) is 32.5 Å². The van der Waals surface area contributed by atoms with Gasteiger partial charge in [0.1, 0.15) is 0 Å². The molecule has 0 saturated carbocycles. The second kappa shape index (κ2) is 8.69. The number of ether oxygens (including phenoxy) is 1. The molecule has 2 aromatic rings. The highest BCUT2D eigenvalue weighted by atomic mass is 19.4. The molecule has 0 bridgehead atoms. The maximum atomic E-state index is 12.7. The number of hydrogen-bond acceptors (Lipinski definition) is 4. The average Bonchev–Trinajstić information content (AvgIpc) is 2.61. The van der Waals surface area contributed by atoms with Crippen LogP contribution < -0.4 is 5.32 Å². The fourth-order valence-electron chi connectivity index (χ4n) is 2.38. The number of ketones is 1. The van der Waals surface area contributed by atoms with Crippen molar-refractivity contribution in [2.24, 2.45) is 0 Å². The van der Waals surface area contributed by atoms with Crippen LogP contribution in [0, 0.1) is 0 Å². The van der Waals surface area contributed by atoms with Crippen molar-refractivity contribution in [3.8, 4) is 0 Å². The van der Waals surface area contributed by atoms with E-state index in [4.69, 9.17) is 4.74 Å². The van der Waals surface area contributed by atoms with Crippen LogP contribution in [0.5, 0.6) is 0 Å². The number of Topliss-reactive ketones (excluding diaryl/α,β-unsaturated/α-hetero) is 1. The Morgan fingerprint density at radius 1 is 1.07 bits per heavy atom. The fraction of sp³-hybridized carbons (Fsp3) is 0.250. The topological polar surface area (TPSA) is 72.5 Å². The maximum Gasteiger partial charge on any atom is 0.416 e. The molecule has 0 heterocycles. The van der Waals surface area contributed by atoms with E-state index in [1.165, 1.54) is 32.0 Å². The molecule has 0 saturated heterocycles. The van der Waals surface area contributed by atoms with E-state index in [0.717, 1.165) is 12.1 Å². The smallest absolute Gasteiger partial charge is 0.416 e. The van der Waals surface area contributed by atoms with Gasteiger partial charge in [0.2, 0.25) is 0 Å². The van der Waals surface area contributed by atoms with Gasteiger partial charge in [-0.25, -0.2) is 0 Å². The molecule has 2 aromatic carbocycles. The van der Waals surface area contributed by atoms with Gasteiger partial charge in [-0.1, -0.05) is 30.3 Å². The lowest BCUT2D eigenvalue weighted by atomic mass is 10.1. The number of anilines is 1. The third-order valence-corrected chi connectivity index (χ3v) is 3.82. The van der Waals surface area contributed by atoms with E-state index >= 15 is 0 Å². The fourth-order valence-corrected chi connectivity index (χ4v) is 2.38. The van der Waals surface area contributed by atoms with Crippen LogP contribution in [0.2, 0.25) is 0 Å². The molecule has 1 N–H and O–H groups in total. The van der Waals surface area contributed by atoms with Crippen molar-refractivity contribution in [2.75, 3.05) is 5.32 Å². The van der Waals surface area contributed by atoms with Gasteiger partial charge in [-0.3, -0.25) is 14.4 Å². The van der Waals surface area contributed by atoms with E-state index < -0.39 is 36.1 Å². The number of carbonyl (C=O) groups is 3. The van der Waals surface area contributed by atoms with Crippen LogP contribution in [-0.2, 0) is 26.9 Å². The molecular formula is C20H18F3NO4. The second-order valence-corrected chi connectivity index (χ2v) is 6.13. The van der Waals surface area contributed by atoms with E-state index in [-0.39, 0.29) is 11.3 Å². The highest BCUT2D eigenvalue weighted by Crippen LogP contribution is 2.29. The summed E-state index contributed by atoms with van der Waals surface area (Å²) in [6, 6.07) is 10.6. The molecule has 148 valence electrons. The summed E-state index contributed by atoms with van der Waals surface area (Å²) in [5, 5.41) is 2.52. The number of amides is 1. The third-order valence-electron chi connectivity index (χ3n) is 3.82. The first-order chi connectivity index (χ1) is 13.1. The predicted molar refractivity (Wildman–Crippen MR) is 95.8 cm³/mol. The maximum absolute atomic E-state index is 12.7. The summed E-state index contributed by atoms with van der Waals surface area (Å²) in [5.41, 5.74) is 0.0287. The summed E-state index contributed by atoms with van der Waals surface area (Å²) in [4.78, 5) is 35.5. The molecule has 0 radical (unpaired) electrons. The van der Waals surface area contributed by atoms with Gasteiger partial charge in [0.05, 0.1) is 12.0 Å². The summed E-state index contributed by atoms with van der Waals surface area (Å²) in [6.07, 6.45) is -6.08. The normalized spacial score (nSPS) is 12.2. The number of esters is 1. The molecule has 0 fully saturated rings. The number of hydrogen-bond donors (Lipinski definition) is 1. The molecule has 0 aromatic heterocycles. The third kappa shape index (κ3) is 5.94. The molecule has 1 amide bonds. The quantitative estimate of drug-likeness (QED) is 0.594. The van der Waals surface area contributed by atoms with Crippen molar-refractivity contribution < 1.29 is 32.3 Å². The highest BCUT2D eigenvalue weighted by Gasteiger charge is 2.30. The SMILES string of the molecule is CC(=O)c1cccc(NC(=O)[C@@H](C)OC(=O)Cc2cccc(C(F)(F)F)c2)c1. The lowest BCUT2D eigenvalue weighted by Crippen LogP contribution is -2.30. The van der Waals surface area contributed by atoms with Crippen molar-refractivity contribution in [3.63, 3.8) is 0 Å². The molecule has 0 aliphatic rings. The van der Waals surface area contributed by atoms with Gasteiger partial charge in [0.15, 0.2) is 11.9 Å². The Balaban J connectivity index is 1.96. The Morgan fingerprint density at radius 3 is 2.39 bits per heavy atom. The largest absolute Gasteiger partial charge is 0.452 e. The molecule has 0 spiro atoms. The van der Waals surface area contributed by atoms with Gasteiger partial charge in [0.25, 0.3) is 5.91 Å². The zero-order valence-electron chi connectivity index (χ0n) is 15.2. The van der Waals surface area contributed by atoms with Crippen LogP contribution in [0.4, 0.5) is 18.9 Å². The van der Waals surface area contributed by atoms with Crippen LogP contribution in [-0.4, -0.2) is 23.8 Å². The molecule has 0 aliphatic carbocycles. The van der Waals surface area contributed by atoms with Crippen molar-refractivity contribution in [1.29, 1.82) is 0 Å². The molecular weight excluding hydrogens is 375 g/mol. The molecule has 2 rings (SSSR count). The highest BCUT2D eigenvalue weighted by molar-refractivity contribution is 5.98. The van der Waals surface area contributed by atoms with Crippen LogP contribution in [0.3, 0.4) is 0 Å². The minimum absolute atomic E-state index is 0.126. The predicted octanol–water partition coefficient (Wildman–Crippen LogP) is 4.02. The Hall–Kier alpha value is -3.16. The Labute approximate surface area is 159 Å². The van der Waals surface area contributed by atoms with E-state index in [9.17, 15) is 27.6 Å². The summed E-state index contributed by atoms with van der Waals surface area (Å²) in [5.74, 6) is -1.63. The number of carbonyl (C=O) groups excluding carboxylic acids is 3. The van der Waals surface area contributed by atoms with E-state index in [1.807, 2.05) is 0 Å². The first-order valence-corrected chi connectivity index (χ1v) is 8.34. The van der Waals surface area contributed by atoms with E-state index in [2.05, 4.69) is 5.32 Å². The molecule has 0 aliphatic heterocycles. The van der Waals surface area contributed by atoms with Gasteiger partial charge < -0.3 is 10.1 Å². The molecule has 0 unspecified atom stereocenters. The van der Waals surface area contributed by atoms with Gasteiger partial charge in [0, 0.05) is 11.3 Å². The van der Waals surface area contributed by atoms with E-state index in [0.29, 0.717) is 11.3 Å².